The van der Waals surface area contributed by atoms with E-state index in [9.17, 15) is 0 Å². The van der Waals surface area contributed by atoms with E-state index in [4.69, 9.17) is 14.2 Å². The minimum absolute atomic E-state index is 0.560. The molecule has 0 bridgehead atoms. The maximum absolute atomic E-state index is 6.05. The second-order valence-electron chi connectivity index (χ2n) is 5.19. The number of benzene rings is 1. The molecule has 2 aromatic heterocycles. The summed E-state index contributed by atoms with van der Waals surface area (Å²) < 4.78 is 16.6. The highest BCUT2D eigenvalue weighted by atomic mass is 32.1. The van der Waals surface area contributed by atoms with Crippen molar-refractivity contribution in [1.82, 2.24) is 9.97 Å². The summed E-state index contributed by atoms with van der Waals surface area (Å²) in [5, 5.41) is 0.958. The summed E-state index contributed by atoms with van der Waals surface area (Å²) in [6.07, 6.45) is 0. The molecule has 0 fully saturated rings. The molecule has 6 heteroatoms. The van der Waals surface area contributed by atoms with Gasteiger partial charge in [-0.05, 0) is 26.3 Å². The van der Waals surface area contributed by atoms with Gasteiger partial charge in [0.2, 0.25) is 5.88 Å². The smallest absolute Gasteiger partial charge is 0.231 e. The molecule has 0 radical (unpaired) electrons. The lowest BCUT2D eigenvalue weighted by atomic mass is 10.2. The summed E-state index contributed by atoms with van der Waals surface area (Å²) in [7, 11) is 3.22. The van der Waals surface area contributed by atoms with E-state index in [1.165, 1.54) is 4.88 Å². The average molecular weight is 330 g/mol. The molecule has 0 N–H and O–H groups in total. The van der Waals surface area contributed by atoms with Crippen molar-refractivity contribution in [1.29, 1.82) is 0 Å². The lowest BCUT2D eigenvalue weighted by Gasteiger charge is -2.11. The zero-order chi connectivity index (χ0) is 16.6. The molecule has 23 heavy (non-hydrogen) atoms. The van der Waals surface area contributed by atoms with Crippen molar-refractivity contribution in [3.63, 3.8) is 0 Å². The molecule has 5 nitrogen and oxygen atoms in total. The Balaban J connectivity index is 2.11. The van der Waals surface area contributed by atoms with E-state index in [-0.39, 0.29) is 0 Å². The van der Waals surface area contributed by atoms with Crippen LogP contribution in [0.4, 0.5) is 0 Å². The van der Waals surface area contributed by atoms with Crippen LogP contribution in [0.25, 0.3) is 10.2 Å². The van der Waals surface area contributed by atoms with Gasteiger partial charge in [0.25, 0.3) is 0 Å². The molecule has 2 heterocycles. The second-order valence-corrected chi connectivity index (χ2v) is 6.39. The van der Waals surface area contributed by atoms with Gasteiger partial charge in [0.05, 0.1) is 19.6 Å². The van der Waals surface area contributed by atoms with Crippen molar-refractivity contribution in [2.24, 2.45) is 0 Å². The summed E-state index contributed by atoms with van der Waals surface area (Å²) in [6, 6.07) is 5.41. The zero-order valence-electron chi connectivity index (χ0n) is 13.8. The van der Waals surface area contributed by atoms with Crippen LogP contribution >= 0.6 is 11.3 Å². The molecular weight excluding hydrogens is 312 g/mol. The highest BCUT2D eigenvalue weighted by Crippen LogP contribution is 2.37. The lowest BCUT2D eigenvalue weighted by molar-refractivity contribution is 0.385. The predicted octanol–water partition coefficient (Wildman–Crippen LogP) is 4.43. The SMILES string of the molecule is COc1cc(OC)cc(Oc2nc(C)nc3sc(C)c(C)c23)c1. The molecule has 3 aromatic rings. The van der Waals surface area contributed by atoms with Gasteiger partial charge in [-0.3, -0.25) is 0 Å². The number of rotatable bonds is 4. The Kier molecular flexibility index (Phi) is 4.09. The van der Waals surface area contributed by atoms with E-state index in [2.05, 4.69) is 23.8 Å². The third kappa shape index (κ3) is 2.94. The number of aryl methyl sites for hydroxylation is 3. The summed E-state index contributed by atoms with van der Waals surface area (Å²) in [4.78, 5) is 11.1. The largest absolute Gasteiger partial charge is 0.496 e. The number of ether oxygens (including phenoxy) is 3. The fourth-order valence-corrected chi connectivity index (χ4v) is 3.41. The quantitative estimate of drug-likeness (QED) is 0.708. The van der Waals surface area contributed by atoms with Gasteiger partial charge in [0, 0.05) is 23.1 Å². The van der Waals surface area contributed by atoms with Crippen LogP contribution in [0.1, 0.15) is 16.3 Å². The van der Waals surface area contributed by atoms with Gasteiger partial charge >= 0.3 is 0 Å². The van der Waals surface area contributed by atoms with Crippen LogP contribution in [0.3, 0.4) is 0 Å². The van der Waals surface area contributed by atoms with Gasteiger partial charge in [-0.15, -0.1) is 11.3 Å². The van der Waals surface area contributed by atoms with Crippen molar-refractivity contribution >= 4 is 21.6 Å². The Hall–Kier alpha value is -2.34. The van der Waals surface area contributed by atoms with Crippen LogP contribution in [0.5, 0.6) is 23.1 Å². The Labute approximate surface area is 138 Å². The molecule has 0 amide bonds. The van der Waals surface area contributed by atoms with E-state index >= 15 is 0 Å². The molecule has 0 aliphatic rings. The molecule has 1 aromatic carbocycles. The van der Waals surface area contributed by atoms with E-state index in [0.29, 0.717) is 29.0 Å². The average Bonchev–Trinajstić information content (AvgIpc) is 2.81. The summed E-state index contributed by atoms with van der Waals surface area (Å²) in [5.74, 6) is 3.19. The summed E-state index contributed by atoms with van der Waals surface area (Å²) in [5.41, 5.74) is 1.15. The first kappa shape index (κ1) is 15.6. The van der Waals surface area contributed by atoms with E-state index in [1.54, 1.807) is 43.8 Å². The molecule has 120 valence electrons. The Morgan fingerprint density at radius 2 is 1.48 bits per heavy atom. The summed E-state index contributed by atoms with van der Waals surface area (Å²) >= 11 is 1.65. The maximum atomic E-state index is 6.05. The molecule has 0 spiro atoms. The molecule has 0 saturated carbocycles. The first-order valence-corrected chi connectivity index (χ1v) is 7.98. The highest BCUT2D eigenvalue weighted by molar-refractivity contribution is 7.18. The second kappa shape index (κ2) is 6.04. The van der Waals surface area contributed by atoms with Gasteiger partial charge in [0.15, 0.2) is 0 Å². The maximum Gasteiger partial charge on any atom is 0.231 e. The highest BCUT2D eigenvalue weighted by Gasteiger charge is 2.16. The molecule has 0 aliphatic heterocycles. The fourth-order valence-electron chi connectivity index (χ4n) is 2.34. The van der Waals surface area contributed by atoms with Gasteiger partial charge in [-0.2, -0.15) is 4.98 Å². The number of aromatic nitrogens is 2. The Morgan fingerprint density at radius 3 is 2.09 bits per heavy atom. The fraction of sp³-hybridized carbons (Fsp3) is 0.294. The minimum atomic E-state index is 0.560. The normalized spacial score (nSPS) is 10.8. The van der Waals surface area contributed by atoms with Gasteiger partial charge in [-0.25, -0.2) is 4.98 Å². The first-order valence-electron chi connectivity index (χ1n) is 7.17. The number of thiophene rings is 1. The van der Waals surface area contributed by atoms with Gasteiger partial charge < -0.3 is 14.2 Å². The van der Waals surface area contributed by atoms with Crippen LogP contribution in [0, 0.1) is 20.8 Å². The molecular formula is C17H18N2O3S. The Morgan fingerprint density at radius 1 is 0.870 bits per heavy atom. The molecule has 0 atom stereocenters. The predicted molar refractivity (Wildman–Crippen MR) is 91.2 cm³/mol. The van der Waals surface area contributed by atoms with Crippen LogP contribution in [0.2, 0.25) is 0 Å². The third-order valence-corrected chi connectivity index (χ3v) is 4.75. The topological polar surface area (TPSA) is 53.5 Å². The number of methoxy groups -OCH3 is 2. The van der Waals surface area contributed by atoms with Crippen molar-refractivity contribution in [2.45, 2.75) is 20.8 Å². The monoisotopic (exact) mass is 330 g/mol. The molecule has 0 unspecified atom stereocenters. The number of hydrogen-bond donors (Lipinski definition) is 0. The molecule has 0 saturated heterocycles. The zero-order valence-corrected chi connectivity index (χ0v) is 14.6. The van der Waals surface area contributed by atoms with Gasteiger partial charge in [0.1, 0.15) is 27.9 Å². The van der Waals surface area contributed by atoms with Crippen molar-refractivity contribution in [3.8, 4) is 23.1 Å². The van der Waals surface area contributed by atoms with E-state index in [1.807, 2.05) is 6.92 Å². The van der Waals surface area contributed by atoms with Crippen molar-refractivity contribution in [3.05, 3.63) is 34.5 Å². The van der Waals surface area contributed by atoms with Crippen LogP contribution < -0.4 is 14.2 Å². The van der Waals surface area contributed by atoms with E-state index in [0.717, 1.165) is 15.8 Å². The van der Waals surface area contributed by atoms with E-state index < -0.39 is 0 Å². The number of nitrogens with zero attached hydrogens (tertiary/aromatic N) is 2. The summed E-state index contributed by atoms with van der Waals surface area (Å²) in [6.45, 7) is 6.00. The van der Waals surface area contributed by atoms with Crippen molar-refractivity contribution < 1.29 is 14.2 Å². The number of fused-ring (bicyclic) bond motifs is 1. The molecule has 3 rings (SSSR count). The lowest BCUT2D eigenvalue weighted by Crippen LogP contribution is -1.95. The Bertz CT molecular complexity index is 852. The number of hydrogen-bond acceptors (Lipinski definition) is 6. The van der Waals surface area contributed by atoms with Crippen LogP contribution in [-0.2, 0) is 0 Å². The van der Waals surface area contributed by atoms with Crippen LogP contribution in [0.15, 0.2) is 18.2 Å². The van der Waals surface area contributed by atoms with Gasteiger partial charge in [-0.1, -0.05) is 0 Å². The van der Waals surface area contributed by atoms with Crippen molar-refractivity contribution in [2.75, 3.05) is 14.2 Å². The minimum Gasteiger partial charge on any atom is -0.496 e. The molecule has 0 aliphatic carbocycles. The standard InChI is InChI=1S/C17H18N2O3S/c1-9-10(2)23-17-15(9)16(18-11(3)19-17)22-14-7-12(20-4)6-13(8-14)21-5/h6-8H,1-5H3. The first-order chi connectivity index (χ1) is 11.0. The third-order valence-electron chi connectivity index (χ3n) is 3.65. The van der Waals surface area contributed by atoms with Crippen LogP contribution in [-0.4, -0.2) is 24.2 Å².